The maximum atomic E-state index is 13.1. The molecule has 0 aliphatic carbocycles. The highest BCUT2D eigenvalue weighted by Crippen LogP contribution is 2.26. The van der Waals surface area contributed by atoms with Crippen molar-refractivity contribution in [2.75, 3.05) is 27.3 Å². The van der Waals surface area contributed by atoms with Crippen molar-refractivity contribution in [3.8, 4) is 17.3 Å². The van der Waals surface area contributed by atoms with E-state index in [1.165, 1.54) is 0 Å². The summed E-state index contributed by atoms with van der Waals surface area (Å²) >= 11 is 0. The Labute approximate surface area is 170 Å². The van der Waals surface area contributed by atoms with Gasteiger partial charge in [-0.1, -0.05) is 32.0 Å². The second-order valence-electron chi connectivity index (χ2n) is 6.92. The number of likely N-dealkylation sites (N-methyl/N-ethyl adjacent to an activating group) is 1. The summed E-state index contributed by atoms with van der Waals surface area (Å²) in [6.45, 7) is 4.87. The molecule has 7 heteroatoms. The highest BCUT2D eigenvalue weighted by atomic mass is 16.5. The van der Waals surface area contributed by atoms with E-state index in [-0.39, 0.29) is 11.8 Å². The van der Waals surface area contributed by atoms with E-state index >= 15 is 0 Å². The molecule has 0 aliphatic heterocycles. The topological polar surface area (TPSA) is 69.5 Å². The van der Waals surface area contributed by atoms with E-state index in [0.29, 0.717) is 36.0 Å². The van der Waals surface area contributed by atoms with Gasteiger partial charge in [0.15, 0.2) is 17.3 Å². The number of benzene rings is 1. The number of methoxy groups -OCH3 is 1. The molecule has 29 heavy (non-hydrogen) atoms. The second-order valence-corrected chi connectivity index (χ2v) is 6.92. The molecule has 0 atom stereocenters. The molecule has 152 valence electrons. The van der Waals surface area contributed by atoms with Gasteiger partial charge in [-0.2, -0.15) is 5.10 Å². The summed E-state index contributed by atoms with van der Waals surface area (Å²) in [7, 11) is 3.36. The fourth-order valence-electron chi connectivity index (χ4n) is 3.08. The van der Waals surface area contributed by atoms with Crippen molar-refractivity contribution in [3.05, 3.63) is 66.1 Å². The predicted molar refractivity (Wildman–Crippen MR) is 111 cm³/mol. The van der Waals surface area contributed by atoms with E-state index in [1.807, 2.05) is 56.3 Å². The number of aromatic nitrogens is 3. The van der Waals surface area contributed by atoms with Gasteiger partial charge in [-0.15, -0.1) is 0 Å². The molecular formula is C22H26N4O3. The van der Waals surface area contributed by atoms with E-state index in [9.17, 15) is 4.79 Å². The van der Waals surface area contributed by atoms with E-state index in [4.69, 9.17) is 9.47 Å². The molecule has 1 aromatic carbocycles. The largest absolute Gasteiger partial charge is 0.493 e. The minimum absolute atomic E-state index is 0.0977. The molecule has 0 unspecified atom stereocenters. The minimum atomic E-state index is -0.0977. The molecule has 0 radical (unpaired) electrons. The lowest BCUT2D eigenvalue weighted by Crippen LogP contribution is -2.31. The van der Waals surface area contributed by atoms with Gasteiger partial charge in [0.05, 0.1) is 31.1 Å². The van der Waals surface area contributed by atoms with E-state index in [1.54, 1.807) is 36.1 Å². The molecular weight excluding hydrogens is 368 g/mol. The molecule has 3 rings (SSSR count). The Morgan fingerprint density at radius 3 is 2.52 bits per heavy atom. The first kappa shape index (κ1) is 20.4. The Balaban J connectivity index is 1.72. The van der Waals surface area contributed by atoms with Crippen molar-refractivity contribution in [3.63, 3.8) is 0 Å². The zero-order valence-corrected chi connectivity index (χ0v) is 17.2. The number of rotatable bonds is 8. The van der Waals surface area contributed by atoms with Gasteiger partial charge in [-0.05, 0) is 30.2 Å². The molecule has 0 saturated carbocycles. The van der Waals surface area contributed by atoms with Crippen molar-refractivity contribution in [1.29, 1.82) is 0 Å². The van der Waals surface area contributed by atoms with Crippen LogP contribution in [0.1, 0.15) is 35.8 Å². The Morgan fingerprint density at radius 2 is 1.86 bits per heavy atom. The van der Waals surface area contributed by atoms with Gasteiger partial charge in [0, 0.05) is 13.2 Å². The van der Waals surface area contributed by atoms with Crippen LogP contribution in [0.3, 0.4) is 0 Å². The summed E-state index contributed by atoms with van der Waals surface area (Å²) in [5.41, 5.74) is 1.41. The Hall–Kier alpha value is -3.35. The number of pyridine rings is 1. The number of hydrogen-bond donors (Lipinski definition) is 0. The lowest BCUT2D eigenvalue weighted by molar-refractivity contribution is 0.0771. The molecule has 2 aromatic heterocycles. The highest BCUT2D eigenvalue weighted by Gasteiger charge is 2.23. The van der Waals surface area contributed by atoms with Crippen LogP contribution in [0, 0.1) is 0 Å². The third kappa shape index (κ3) is 4.56. The predicted octanol–water partition coefficient (Wildman–Crippen LogP) is 3.55. The van der Waals surface area contributed by atoms with Crippen molar-refractivity contribution in [2.45, 2.75) is 19.8 Å². The van der Waals surface area contributed by atoms with Crippen molar-refractivity contribution >= 4 is 5.91 Å². The first-order valence-electron chi connectivity index (χ1n) is 9.53. The third-order valence-corrected chi connectivity index (χ3v) is 4.55. The number of hydrogen-bond acceptors (Lipinski definition) is 5. The number of para-hydroxylation sites is 2. The number of nitrogens with zero attached hydrogens (tertiary/aromatic N) is 4. The summed E-state index contributed by atoms with van der Waals surface area (Å²) < 4.78 is 12.8. The first-order chi connectivity index (χ1) is 14.0. The number of carbonyl (C=O) groups excluding carboxylic acids is 1. The molecule has 3 aromatic rings. The molecule has 7 nitrogen and oxygen atoms in total. The van der Waals surface area contributed by atoms with Gasteiger partial charge in [0.25, 0.3) is 5.91 Å². The van der Waals surface area contributed by atoms with Crippen LogP contribution in [0.15, 0.2) is 54.9 Å². The zero-order chi connectivity index (χ0) is 20.8. The molecule has 0 bridgehead atoms. The van der Waals surface area contributed by atoms with Crippen molar-refractivity contribution in [2.24, 2.45) is 0 Å². The first-order valence-corrected chi connectivity index (χ1v) is 9.53. The van der Waals surface area contributed by atoms with Gasteiger partial charge in [0.2, 0.25) is 0 Å². The molecule has 0 fully saturated rings. The van der Waals surface area contributed by atoms with E-state index < -0.39 is 0 Å². The second kappa shape index (κ2) is 9.23. The molecule has 0 N–H and O–H groups in total. The Kier molecular flexibility index (Phi) is 6.49. The number of amides is 1. The summed E-state index contributed by atoms with van der Waals surface area (Å²) in [6.07, 6.45) is 3.33. The van der Waals surface area contributed by atoms with E-state index in [0.717, 1.165) is 5.69 Å². The monoisotopic (exact) mass is 394 g/mol. The molecule has 0 spiro atoms. The summed E-state index contributed by atoms with van der Waals surface area (Å²) in [5.74, 6) is 2.02. The lowest BCUT2D eigenvalue weighted by atomic mass is 10.0. The van der Waals surface area contributed by atoms with Crippen LogP contribution in [-0.2, 0) is 0 Å². The Morgan fingerprint density at radius 1 is 1.14 bits per heavy atom. The summed E-state index contributed by atoms with van der Waals surface area (Å²) in [6, 6.07) is 13.1. The minimum Gasteiger partial charge on any atom is -0.493 e. The van der Waals surface area contributed by atoms with Gasteiger partial charge >= 0.3 is 0 Å². The maximum absolute atomic E-state index is 13.1. The quantitative estimate of drug-likeness (QED) is 0.584. The SMILES string of the molecule is COc1ccccc1OCCN(C)C(=O)c1cnn(-c2ccccn2)c1C(C)C. The Bertz CT molecular complexity index is 954. The smallest absolute Gasteiger partial charge is 0.257 e. The van der Waals surface area contributed by atoms with Crippen LogP contribution in [0.25, 0.3) is 5.82 Å². The van der Waals surface area contributed by atoms with Crippen molar-refractivity contribution < 1.29 is 14.3 Å². The molecule has 0 aliphatic rings. The zero-order valence-electron chi connectivity index (χ0n) is 17.2. The summed E-state index contributed by atoms with van der Waals surface area (Å²) in [5, 5.41) is 4.42. The fraction of sp³-hybridized carbons (Fsp3) is 0.318. The van der Waals surface area contributed by atoms with Crippen LogP contribution < -0.4 is 9.47 Å². The van der Waals surface area contributed by atoms with Crippen LogP contribution in [0.5, 0.6) is 11.5 Å². The number of carbonyl (C=O) groups is 1. The number of ether oxygens (including phenoxy) is 2. The van der Waals surface area contributed by atoms with Gasteiger partial charge < -0.3 is 14.4 Å². The standard InChI is InChI=1S/C22H26N4O3/c1-16(2)21-17(15-24-26(21)20-11-7-8-12-23-20)22(27)25(3)13-14-29-19-10-6-5-9-18(19)28-4/h5-12,15-16H,13-14H2,1-4H3. The molecule has 0 saturated heterocycles. The van der Waals surface area contributed by atoms with Crippen molar-refractivity contribution in [1.82, 2.24) is 19.7 Å². The lowest BCUT2D eigenvalue weighted by Gasteiger charge is -2.19. The van der Waals surface area contributed by atoms with E-state index in [2.05, 4.69) is 10.1 Å². The van der Waals surface area contributed by atoms with Gasteiger partial charge in [0.1, 0.15) is 6.61 Å². The van der Waals surface area contributed by atoms with Crippen LogP contribution in [-0.4, -0.2) is 52.9 Å². The average Bonchev–Trinajstić information content (AvgIpc) is 3.19. The molecule has 1 amide bonds. The maximum Gasteiger partial charge on any atom is 0.257 e. The molecule has 2 heterocycles. The third-order valence-electron chi connectivity index (χ3n) is 4.55. The summed E-state index contributed by atoms with van der Waals surface area (Å²) in [4.78, 5) is 19.0. The van der Waals surface area contributed by atoms with Crippen LogP contribution in [0.2, 0.25) is 0 Å². The normalized spacial score (nSPS) is 10.8. The van der Waals surface area contributed by atoms with Crippen LogP contribution >= 0.6 is 0 Å². The van der Waals surface area contributed by atoms with Gasteiger partial charge in [-0.25, -0.2) is 9.67 Å². The van der Waals surface area contributed by atoms with Gasteiger partial charge in [-0.3, -0.25) is 4.79 Å². The van der Waals surface area contributed by atoms with Crippen LogP contribution in [0.4, 0.5) is 0 Å². The highest BCUT2D eigenvalue weighted by molar-refractivity contribution is 5.95. The average molecular weight is 394 g/mol. The fourth-order valence-corrected chi connectivity index (χ4v) is 3.08.